The molecule has 6 nitrogen and oxygen atoms in total. The number of aryl methyl sites for hydroxylation is 2. The standard InChI is InChI=1S/C16H19N5O/c1-12(2)15-18-6-9-20(15)7-3-8-21-11-19-14-4-5-17-10-13(14)16(21)22/h4-6,9-12H,3,7-8H2,1-2H3. The third-order valence-corrected chi connectivity index (χ3v) is 3.69. The average Bonchev–Trinajstić information content (AvgIpc) is 2.98. The lowest BCUT2D eigenvalue weighted by Gasteiger charge is -2.11. The molecular formula is C16H19N5O. The third kappa shape index (κ3) is 2.77. The molecule has 0 aliphatic rings. The first-order valence-electron chi connectivity index (χ1n) is 7.47. The average molecular weight is 297 g/mol. The summed E-state index contributed by atoms with van der Waals surface area (Å²) in [6.07, 6.45) is 9.50. The van der Waals surface area contributed by atoms with Crippen molar-refractivity contribution in [3.8, 4) is 0 Å². The number of hydrogen-bond donors (Lipinski definition) is 0. The molecule has 0 fully saturated rings. The van der Waals surface area contributed by atoms with Crippen LogP contribution in [0.25, 0.3) is 10.9 Å². The molecule has 0 radical (unpaired) electrons. The Hall–Kier alpha value is -2.50. The molecular weight excluding hydrogens is 278 g/mol. The molecule has 0 aromatic carbocycles. The van der Waals surface area contributed by atoms with Gasteiger partial charge >= 0.3 is 0 Å². The van der Waals surface area contributed by atoms with Gasteiger partial charge in [-0.25, -0.2) is 9.97 Å². The van der Waals surface area contributed by atoms with E-state index in [1.165, 1.54) is 0 Å². The highest BCUT2D eigenvalue weighted by molar-refractivity contribution is 5.75. The van der Waals surface area contributed by atoms with Gasteiger partial charge in [-0.05, 0) is 12.5 Å². The minimum atomic E-state index is -0.0344. The number of hydrogen-bond acceptors (Lipinski definition) is 4. The van der Waals surface area contributed by atoms with Gasteiger partial charge in [0.05, 0.1) is 17.2 Å². The number of nitrogens with zero attached hydrogens (tertiary/aromatic N) is 5. The lowest BCUT2D eigenvalue weighted by molar-refractivity contribution is 0.529. The molecule has 0 atom stereocenters. The van der Waals surface area contributed by atoms with Crippen LogP contribution in [0.3, 0.4) is 0 Å². The molecule has 0 saturated heterocycles. The monoisotopic (exact) mass is 297 g/mol. The van der Waals surface area contributed by atoms with Gasteiger partial charge in [-0.2, -0.15) is 0 Å². The van der Waals surface area contributed by atoms with Gasteiger partial charge in [-0.1, -0.05) is 13.8 Å². The molecule has 22 heavy (non-hydrogen) atoms. The van der Waals surface area contributed by atoms with E-state index in [0.29, 0.717) is 23.4 Å². The van der Waals surface area contributed by atoms with Crippen LogP contribution in [-0.4, -0.2) is 24.1 Å². The third-order valence-electron chi connectivity index (χ3n) is 3.69. The fourth-order valence-corrected chi connectivity index (χ4v) is 2.58. The van der Waals surface area contributed by atoms with E-state index in [4.69, 9.17) is 0 Å². The first kappa shape index (κ1) is 14.4. The smallest absolute Gasteiger partial charge is 0.262 e. The van der Waals surface area contributed by atoms with E-state index in [1.54, 1.807) is 29.4 Å². The number of rotatable bonds is 5. The van der Waals surface area contributed by atoms with Gasteiger partial charge in [0.1, 0.15) is 5.82 Å². The molecule has 6 heteroatoms. The maximum Gasteiger partial charge on any atom is 0.262 e. The quantitative estimate of drug-likeness (QED) is 0.724. The summed E-state index contributed by atoms with van der Waals surface area (Å²) in [6.45, 7) is 5.73. The van der Waals surface area contributed by atoms with Crippen LogP contribution in [0.15, 0.2) is 42.0 Å². The van der Waals surface area contributed by atoms with E-state index >= 15 is 0 Å². The lowest BCUT2D eigenvalue weighted by Crippen LogP contribution is -2.21. The van der Waals surface area contributed by atoms with Crippen molar-refractivity contribution >= 4 is 10.9 Å². The van der Waals surface area contributed by atoms with Gasteiger partial charge in [-0.15, -0.1) is 0 Å². The number of aromatic nitrogens is 5. The van der Waals surface area contributed by atoms with Gasteiger partial charge in [0.25, 0.3) is 5.56 Å². The van der Waals surface area contributed by atoms with Crippen molar-refractivity contribution in [3.63, 3.8) is 0 Å². The van der Waals surface area contributed by atoms with Crippen molar-refractivity contribution < 1.29 is 0 Å². The van der Waals surface area contributed by atoms with Crippen molar-refractivity contribution in [2.45, 2.75) is 39.3 Å². The van der Waals surface area contributed by atoms with Crippen molar-refractivity contribution in [2.75, 3.05) is 0 Å². The Labute approximate surface area is 128 Å². The van der Waals surface area contributed by atoms with E-state index in [1.807, 2.05) is 12.4 Å². The molecule has 0 bridgehead atoms. The zero-order chi connectivity index (χ0) is 15.5. The van der Waals surface area contributed by atoms with Crippen LogP contribution < -0.4 is 5.56 Å². The summed E-state index contributed by atoms with van der Waals surface area (Å²) in [7, 11) is 0. The van der Waals surface area contributed by atoms with Gasteiger partial charge in [0.15, 0.2) is 0 Å². The van der Waals surface area contributed by atoms with Gasteiger partial charge in [-0.3, -0.25) is 14.3 Å². The summed E-state index contributed by atoms with van der Waals surface area (Å²) in [5.41, 5.74) is 0.653. The largest absolute Gasteiger partial charge is 0.335 e. The van der Waals surface area contributed by atoms with Crippen molar-refractivity contribution in [2.24, 2.45) is 0 Å². The van der Waals surface area contributed by atoms with Crippen molar-refractivity contribution in [1.82, 2.24) is 24.1 Å². The van der Waals surface area contributed by atoms with Crippen LogP contribution >= 0.6 is 0 Å². The lowest BCUT2D eigenvalue weighted by atomic mass is 10.2. The van der Waals surface area contributed by atoms with E-state index < -0.39 is 0 Å². The highest BCUT2D eigenvalue weighted by Gasteiger charge is 2.07. The Morgan fingerprint density at radius 1 is 1.14 bits per heavy atom. The Bertz CT molecular complexity index is 834. The number of pyridine rings is 1. The zero-order valence-corrected chi connectivity index (χ0v) is 12.8. The zero-order valence-electron chi connectivity index (χ0n) is 12.8. The number of fused-ring (bicyclic) bond motifs is 1. The second-order valence-corrected chi connectivity index (χ2v) is 5.62. The van der Waals surface area contributed by atoms with E-state index in [2.05, 4.69) is 33.4 Å². The SMILES string of the molecule is CC(C)c1nccn1CCCn1cnc2ccncc2c1=O. The topological polar surface area (TPSA) is 65.6 Å². The van der Waals surface area contributed by atoms with Crippen LogP contribution in [0.2, 0.25) is 0 Å². The first-order chi connectivity index (χ1) is 10.7. The molecule has 0 amide bonds. The van der Waals surface area contributed by atoms with Crippen LogP contribution in [0.1, 0.15) is 32.0 Å². The van der Waals surface area contributed by atoms with E-state index in [0.717, 1.165) is 18.8 Å². The molecule has 3 aromatic heterocycles. The van der Waals surface area contributed by atoms with Crippen LogP contribution in [0.5, 0.6) is 0 Å². The van der Waals surface area contributed by atoms with Gasteiger partial charge < -0.3 is 4.57 Å². The Balaban J connectivity index is 1.73. The maximum atomic E-state index is 12.4. The summed E-state index contributed by atoms with van der Waals surface area (Å²) >= 11 is 0. The molecule has 0 saturated carbocycles. The summed E-state index contributed by atoms with van der Waals surface area (Å²) in [5, 5.41) is 0.565. The minimum absolute atomic E-state index is 0.0344. The Kier molecular flexibility index (Phi) is 4.00. The fraction of sp³-hybridized carbons (Fsp3) is 0.375. The van der Waals surface area contributed by atoms with Gasteiger partial charge in [0, 0.05) is 43.8 Å². The Morgan fingerprint density at radius 2 is 1.95 bits per heavy atom. The van der Waals surface area contributed by atoms with Crippen molar-refractivity contribution in [1.29, 1.82) is 0 Å². The molecule has 0 aliphatic heterocycles. The first-order valence-corrected chi connectivity index (χ1v) is 7.47. The van der Waals surface area contributed by atoms with Crippen LogP contribution in [0, 0.1) is 0 Å². The number of imidazole rings is 1. The highest BCUT2D eigenvalue weighted by Crippen LogP contribution is 2.12. The molecule has 0 unspecified atom stereocenters. The molecule has 3 aromatic rings. The predicted molar refractivity (Wildman–Crippen MR) is 84.7 cm³/mol. The molecule has 0 spiro atoms. The fourth-order valence-electron chi connectivity index (χ4n) is 2.58. The molecule has 3 heterocycles. The second-order valence-electron chi connectivity index (χ2n) is 5.62. The maximum absolute atomic E-state index is 12.4. The molecule has 114 valence electrons. The van der Waals surface area contributed by atoms with Crippen LogP contribution in [-0.2, 0) is 13.1 Å². The van der Waals surface area contributed by atoms with Gasteiger partial charge in [0.2, 0.25) is 0 Å². The van der Waals surface area contributed by atoms with Crippen molar-refractivity contribution in [3.05, 3.63) is 53.4 Å². The summed E-state index contributed by atoms with van der Waals surface area (Å²) in [6, 6.07) is 1.75. The molecule has 3 rings (SSSR count). The van der Waals surface area contributed by atoms with Crippen LogP contribution in [0.4, 0.5) is 0 Å². The summed E-state index contributed by atoms with van der Waals surface area (Å²) < 4.78 is 3.79. The normalized spacial score (nSPS) is 11.4. The second kappa shape index (κ2) is 6.09. The predicted octanol–water partition coefficient (Wildman–Crippen LogP) is 2.20. The minimum Gasteiger partial charge on any atom is -0.335 e. The Morgan fingerprint density at radius 3 is 2.77 bits per heavy atom. The summed E-state index contributed by atoms with van der Waals surface area (Å²) in [4.78, 5) is 25.0. The summed E-state index contributed by atoms with van der Waals surface area (Å²) in [5.74, 6) is 1.47. The van der Waals surface area contributed by atoms with E-state index in [9.17, 15) is 4.79 Å². The molecule has 0 aliphatic carbocycles. The van der Waals surface area contributed by atoms with E-state index in [-0.39, 0.29) is 5.56 Å². The molecule has 0 N–H and O–H groups in total. The highest BCUT2D eigenvalue weighted by atomic mass is 16.1.